The van der Waals surface area contributed by atoms with Crippen molar-refractivity contribution < 1.29 is 14.3 Å². The van der Waals surface area contributed by atoms with Gasteiger partial charge in [-0.15, -0.1) is 0 Å². The summed E-state index contributed by atoms with van der Waals surface area (Å²) in [6, 6.07) is 10.2. The van der Waals surface area contributed by atoms with Crippen molar-refractivity contribution in [1.82, 2.24) is 0 Å². The first kappa shape index (κ1) is 15.3. The molecule has 0 heterocycles. The van der Waals surface area contributed by atoms with Gasteiger partial charge >= 0.3 is 6.03 Å². The molecule has 0 spiro atoms. The summed E-state index contributed by atoms with van der Waals surface area (Å²) in [6.07, 6.45) is 0.326. The van der Waals surface area contributed by atoms with E-state index in [1.54, 1.807) is 24.3 Å². The number of hydrogen-bond acceptors (Lipinski definition) is 2. The maximum absolute atomic E-state index is 13.3. The van der Waals surface area contributed by atoms with Gasteiger partial charge in [0.25, 0.3) is 0 Å². The second kappa shape index (κ2) is 7.06. The van der Waals surface area contributed by atoms with E-state index in [0.717, 1.165) is 0 Å². The molecule has 2 aromatic carbocycles. The Morgan fingerprint density at radius 2 is 2.00 bits per heavy atom. The second-order valence-corrected chi connectivity index (χ2v) is 4.80. The van der Waals surface area contributed by atoms with E-state index in [1.165, 1.54) is 18.2 Å². The molecular formula is C15H14ClFN2O2. The number of urea groups is 1. The number of benzene rings is 2. The fourth-order valence-corrected chi connectivity index (χ4v) is 2.04. The van der Waals surface area contributed by atoms with Crippen molar-refractivity contribution in [3.8, 4) is 0 Å². The van der Waals surface area contributed by atoms with E-state index < -0.39 is 11.8 Å². The van der Waals surface area contributed by atoms with Crippen molar-refractivity contribution in [2.24, 2.45) is 0 Å². The van der Waals surface area contributed by atoms with Crippen molar-refractivity contribution in [3.63, 3.8) is 0 Å². The molecule has 2 rings (SSSR count). The summed E-state index contributed by atoms with van der Waals surface area (Å²) < 4.78 is 13.3. The maximum Gasteiger partial charge on any atom is 0.323 e. The number of nitrogens with one attached hydrogen (secondary N) is 2. The van der Waals surface area contributed by atoms with Gasteiger partial charge in [-0.05, 0) is 42.3 Å². The van der Waals surface area contributed by atoms with Gasteiger partial charge in [0.05, 0.1) is 0 Å². The third kappa shape index (κ3) is 4.44. The van der Waals surface area contributed by atoms with Crippen LogP contribution in [0.1, 0.15) is 5.56 Å². The van der Waals surface area contributed by atoms with Gasteiger partial charge in [0.1, 0.15) is 5.82 Å². The molecule has 2 aromatic rings. The van der Waals surface area contributed by atoms with E-state index in [-0.39, 0.29) is 6.61 Å². The Balaban J connectivity index is 2.10. The molecule has 0 radical (unpaired) electrons. The van der Waals surface area contributed by atoms with Gasteiger partial charge in [0.15, 0.2) is 0 Å². The highest BCUT2D eigenvalue weighted by atomic mass is 35.5. The molecule has 0 aromatic heterocycles. The normalized spacial score (nSPS) is 10.2. The molecule has 0 unspecified atom stereocenters. The highest BCUT2D eigenvalue weighted by molar-refractivity contribution is 6.30. The number of carbonyl (C=O) groups is 1. The highest BCUT2D eigenvalue weighted by Crippen LogP contribution is 2.19. The number of aliphatic hydroxyl groups excluding tert-OH is 1. The number of rotatable bonds is 4. The van der Waals surface area contributed by atoms with E-state index >= 15 is 0 Å². The number of anilines is 2. The van der Waals surface area contributed by atoms with Crippen molar-refractivity contribution in [2.75, 3.05) is 17.2 Å². The SMILES string of the molecule is O=C(Nc1cccc(Cl)c1)Nc1cc(F)ccc1CCO. The summed E-state index contributed by atoms with van der Waals surface area (Å²) >= 11 is 5.83. The fraction of sp³-hybridized carbons (Fsp3) is 0.133. The first-order valence-electron chi connectivity index (χ1n) is 6.31. The van der Waals surface area contributed by atoms with Gasteiger partial charge < -0.3 is 15.7 Å². The fourth-order valence-electron chi connectivity index (χ4n) is 1.85. The Hall–Kier alpha value is -2.11. The van der Waals surface area contributed by atoms with E-state index in [1.807, 2.05) is 0 Å². The molecule has 0 atom stereocenters. The van der Waals surface area contributed by atoms with Crippen LogP contribution in [-0.2, 0) is 6.42 Å². The summed E-state index contributed by atoms with van der Waals surface area (Å²) in [7, 11) is 0. The van der Waals surface area contributed by atoms with E-state index in [0.29, 0.717) is 28.4 Å². The van der Waals surface area contributed by atoms with Crippen molar-refractivity contribution in [3.05, 3.63) is 58.9 Å². The van der Waals surface area contributed by atoms with E-state index in [9.17, 15) is 9.18 Å². The van der Waals surface area contributed by atoms with Crippen LogP contribution in [0.4, 0.5) is 20.6 Å². The predicted octanol–water partition coefficient (Wildman–Crippen LogP) is 3.66. The topological polar surface area (TPSA) is 61.4 Å². The van der Waals surface area contributed by atoms with Gasteiger partial charge in [-0.3, -0.25) is 0 Å². The zero-order valence-corrected chi connectivity index (χ0v) is 11.8. The summed E-state index contributed by atoms with van der Waals surface area (Å²) in [5.41, 5.74) is 1.50. The van der Waals surface area contributed by atoms with Crippen LogP contribution in [0.5, 0.6) is 0 Å². The van der Waals surface area contributed by atoms with Crippen molar-refractivity contribution in [1.29, 1.82) is 0 Å². The molecule has 2 amide bonds. The van der Waals surface area contributed by atoms with Gasteiger partial charge in [0.2, 0.25) is 0 Å². The minimum atomic E-state index is -0.512. The van der Waals surface area contributed by atoms with Gasteiger partial charge in [-0.2, -0.15) is 0 Å². The van der Waals surface area contributed by atoms with Crippen molar-refractivity contribution in [2.45, 2.75) is 6.42 Å². The average Bonchev–Trinajstić information content (AvgIpc) is 2.42. The first-order chi connectivity index (χ1) is 10.1. The Morgan fingerprint density at radius 1 is 1.19 bits per heavy atom. The quantitative estimate of drug-likeness (QED) is 0.807. The summed E-state index contributed by atoms with van der Waals surface area (Å²) in [5.74, 6) is -0.463. The lowest BCUT2D eigenvalue weighted by atomic mass is 10.1. The molecule has 0 saturated carbocycles. The Kier molecular flexibility index (Phi) is 5.14. The number of aliphatic hydroxyl groups is 1. The highest BCUT2D eigenvalue weighted by Gasteiger charge is 2.08. The molecule has 0 aliphatic heterocycles. The minimum Gasteiger partial charge on any atom is -0.396 e. The molecular weight excluding hydrogens is 295 g/mol. The average molecular weight is 309 g/mol. The van der Waals surface area contributed by atoms with Crippen molar-refractivity contribution >= 4 is 29.0 Å². The molecule has 0 fully saturated rings. The van der Waals surface area contributed by atoms with E-state index in [4.69, 9.17) is 16.7 Å². The third-order valence-electron chi connectivity index (χ3n) is 2.78. The summed E-state index contributed by atoms with van der Waals surface area (Å²) in [6.45, 7) is -0.0871. The van der Waals surface area contributed by atoms with Crippen LogP contribution >= 0.6 is 11.6 Å². The minimum absolute atomic E-state index is 0.0871. The largest absolute Gasteiger partial charge is 0.396 e. The zero-order chi connectivity index (χ0) is 15.2. The lowest BCUT2D eigenvalue weighted by molar-refractivity contribution is 0.262. The molecule has 6 heteroatoms. The number of hydrogen-bond donors (Lipinski definition) is 3. The summed E-state index contributed by atoms with van der Waals surface area (Å²) in [4.78, 5) is 11.9. The zero-order valence-electron chi connectivity index (χ0n) is 11.1. The standard InChI is InChI=1S/C15H14ClFN2O2/c16-11-2-1-3-13(8-11)18-15(21)19-14-9-12(17)5-4-10(14)6-7-20/h1-5,8-9,20H,6-7H2,(H2,18,19,21). The van der Waals surface area contributed by atoms with Crippen LogP contribution in [0.2, 0.25) is 5.02 Å². The molecule has 0 aliphatic rings. The van der Waals surface area contributed by atoms with Crippen LogP contribution in [0.25, 0.3) is 0 Å². The van der Waals surface area contributed by atoms with Crippen LogP contribution in [0.15, 0.2) is 42.5 Å². The Morgan fingerprint density at radius 3 is 2.71 bits per heavy atom. The smallest absolute Gasteiger partial charge is 0.323 e. The van der Waals surface area contributed by atoms with Gasteiger partial charge in [-0.25, -0.2) is 9.18 Å². The third-order valence-corrected chi connectivity index (χ3v) is 3.02. The second-order valence-electron chi connectivity index (χ2n) is 4.36. The van der Waals surface area contributed by atoms with E-state index in [2.05, 4.69) is 10.6 Å². The molecule has 0 aliphatic carbocycles. The van der Waals surface area contributed by atoms with Crippen LogP contribution < -0.4 is 10.6 Å². The maximum atomic E-state index is 13.3. The molecule has 4 nitrogen and oxygen atoms in total. The summed E-state index contributed by atoms with van der Waals surface area (Å²) in [5, 5.41) is 14.6. The van der Waals surface area contributed by atoms with Crippen LogP contribution in [-0.4, -0.2) is 17.7 Å². The molecule has 3 N–H and O–H groups in total. The van der Waals surface area contributed by atoms with Gasteiger partial charge in [-0.1, -0.05) is 23.7 Å². The lowest BCUT2D eigenvalue weighted by Gasteiger charge is -2.12. The molecule has 110 valence electrons. The monoisotopic (exact) mass is 308 g/mol. The van der Waals surface area contributed by atoms with Crippen LogP contribution in [0.3, 0.4) is 0 Å². The Bertz CT molecular complexity index is 649. The number of amides is 2. The molecule has 0 saturated heterocycles. The molecule has 21 heavy (non-hydrogen) atoms. The number of carbonyl (C=O) groups excluding carboxylic acids is 1. The predicted molar refractivity (Wildman–Crippen MR) is 81.3 cm³/mol. The van der Waals surface area contributed by atoms with Gasteiger partial charge in [0, 0.05) is 23.0 Å². The molecule has 0 bridgehead atoms. The number of halogens is 2. The lowest BCUT2D eigenvalue weighted by Crippen LogP contribution is -2.20. The Labute approximate surface area is 126 Å². The van der Waals surface area contributed by atoms with Crippen LogP contribution in [0, 0.1) is 5.82 Å². The first-order valence-corrected chi connectivity index (χ1v) is 6.69.